The highest BCUT2D eigenvalue weighted by molar-refractivity contribution is 6.39. The standard InChI is InChI=1S/C17H12Cl2N2O3/c1-9(24-17(23)14-11(18)6-4-7-12(14)19)15-20-13-8-3-2-5-10(13)16(22)21-15/h2-9H,1H3,(H,20,21,22). The van der Waals surface area contributed by atoms with Crippen LogP contribution < -0.4 is 5.56 Å². The first-order chi connectivity index (χ1) is 11.5. The van der Waals surface area contributed by atoms with Gasteiger partial charge in [0.05, 0.1) is 26.5 Å². The Morgan fingerprint density at radius 3 is 2.50 bits per heavy atom. The van der Waals surface area contributed by atoms with Crippen LogP contribution in [-0.2, 0) is 4.74 Å². The van der Waals surface area contributed by atoms with Crippen LogP contribution in [0.15, 0.2) is 47.3 Å². The lowest BCUT2D eigenvalue weighted by Crippen LogP contribution is -2.17. The Kier molecular flexibility index (Phi) is 4.55. The minimum atomic E-state index is -0.776. The number of rotatable bonds is 3. The third kappa shape index (κ3) is 3.13. The van der Waals surface area contributed by atoms with Gasteiger partial charge >= 0.3 is 5.97 Å². The van der Waals surface area contributed by atoms with Crippen molar-refractivity contribution in [1.29, 1.82) is 0 Å². The average molecular weight is 363 g/mol. The van der Waals surface area contributed by atoms with Crippen molar-refractivity contribution in [2.75, 3.05) is 0 Å². The second-order valence-corrected chi connectivity index (χ2v) is 5.93. The number of benzene rings is 2. The highest BCUT2D eigenvalue weighted by Gasteiger charge is 2.21. The zero-order valence-electron chi connectivity index (χ0n) is 12.5. The van der Waals surface area contributed by atoms with Crippen LogP contribution in [0.3, 0.4) is 0 Å². The van der Waals surface area contributed by atoms with E-state index in [0.29, 0.717) is 10.9 Å². The summed E-state index contributed by atoms with van der Waals surface area (Å²) in [6, 6.07) is 11.6. The molecule has 0 bridgehead atoms. The van der Waals surface area contributed by atoms with E-state index >= 15 is 0 Å². The van der Waals surface area contributed by atoms with Gasteiger partial charge in [-0.3, -0.25) is 4.79 Å². The number of ether oxygens (including phenoxy) is 1. The lowest BCUT2D eigenvalue weighted by Gasteiger charge is -2.14. The quantitative estimate of drug-likeness (QED) is 0.710. The van der Waals surface area contributed by atoms with Crippen LogP contribution in [0.5, 0.6) is 0 Å². The Hall–Kier alpha value is -2.37. The van der Waals surface area contributed by atoms with Crippen molar-refractivity contribution in [3.63, 3.8) is 0 Å². The predicted molar refractivity (Wildman–Crippen MR) is 92.7 cm³/mol. The molecule has 1 atom stereocenters. The van der Waals surface area contributed by atoms with Crippen LogP contribution in [0.1, 0.15) is 29.2 Å². The molecule has 0 saturated carbocycles. The largest absolute Gasteiger partial charge is 0.451 e. The minimum absolute atomic E-state index is 0.0795. The minimum Gasteiger partial charge on any atom is -0.451 e. The predicted octanol–water partition coefficient (Wildman–Crippen LogP) is 4.15. The molecule has 3 aromatic rings. The molecule has 2 aromatic carbocycles. The fourth-order valence-corrected chi connectivity index (χ4v) is 2.82. The van der Waals surface area contributed by atoms with Gasteiger partial charge in [0.15, 0.2) is 11.9 Å². The highest BCUT2D eigenvalue weighted by Crippen LogP contribution is 2.27. The summed E-state index contributed by atoms with van der Waals surface area (Å²) in [6.45, 7) is 1.61. The summed E-state index contributed by atoms with van der Waals surface area (Å²) in [7, 11) is 0. The zero-order valence-corrected chi connectivity index (χ0v) is 14.1. The average Bonchev–Trinajstić information content (AvgIpc) is 2.54. The number of hydrogen-bond acceptors (Lipinski definition) is 4. The first kappa shape index (κ1) is 16.5. The molecule has 3 rings (SSSR count). The maximum Gasteiger partial charge on any atom is 0.341 e. The summed E-state index contributed by atoms with van der Waals surface area (Å²) in [5, 5.41) is 0.855. The number of carbonyl (C=O) groups excluding carboxylic acids is 1. The SMILES string of the molecule is CC(OC(=O)c1c(Cl)cccc1Cl)c1nc2ccccc2c(=O)[nH]1. The maximum atomic E-state index is 12.3. The van der Waals surface area contributed by atoms with Crippen LogP contribution in [0.25, 0.3) is 10.9 Å². The van der Waals surface area contributed by atoms with E-state index in [2.05, 4.69) is 9.97 Å². The number of hydrogen-bond donors (Lipinski definition) is 1. The van der Waals surface area contributed by atoms with Gasteiger partial charge in [-0.1, -0.05) is 41.4 Å². The smallest absolute Gasteiger partial charge is 0.341 e. The van der Waals surface area contributed by atoms with E-state index < -0.39 is 12.1 Å². The number of nitrogens with one attached hydrogen (secondary N) is 1. The van der Waals surface area contributed by atoms with Crippen molar-refractivity contribution in [3.8, 4) is 0 Å². The lowest BCUT2D eigenvalue weighted by atomic mass is 10.2. The molecule has 0 aliphatic rings. The number of nitrogens with zero attached hydrogens (tertiary/aromatic N) is 1. The van der Waals surface area contributed by atoms with E-state index in [9.17, 15) is 9.59 Å². The van der Waals surface area contributed by atoms with Crippen LogP contribution >= 0.6 is 23.2 Å². The van der Waals surface area contributed by atoms with Gasteiger partial charge in [0.1, 0.15) is 0 Å². The first-order valence-electron chi connectivity index (χ1n) is 7.11. The Morgan fingerprint density at radius 2 is 1.79 bits per heavy atom. The van der Waals surface area contributed by atoms with E-state index in [1.165, 1.54) is 0 Å². The van der Waals surface area contributed by atoms with Gasteiger partial charge in [-0.15, -0.1) is 0 Å². The molecule has 0 saturated heterocycles. The molecule has 1 unspecified atom stereocenters. The third-order valence-corrected chi connectivity index (χ3v) is 4.10. The number of fused-ring (bicyclic) bond motifs is 1. The maximum absolute atomic E-state index is 12.3. The summed E-state index contributed by atoms with van der Waals surface area (Å²) in [5.41, 5.74) is 0.306. The van der Waals surface area contributed by atoms with Crippen LogP contribution in [0.2, 0.25) is 10.0 Å². The summed E-state index contributed by atoms with van der Waals surface area (Å²) in [5.74, 6) is -0.441. The Bertz CT molecular complexity index is 965. The monoisotopic (exact) mass is 362 g/mol. The number of H-pyrrole nitrogens is 1. The van der Waals surface area contributed by atoms with E-state index in [1.54, 1.807) is 49.4 Å². The van der Waals surface area contributed by atoms with Crippen molar-refractivity contribution < 1.29 is 9.53 Å². The molecule has 7 heteroatoms. The van der Waals surface area contributed by atoms with Crippen LogP contribution in [0.4, 0.5) is 0 Å². The van der Waals surface area contributed by atoms with Crippen LogP contribution in [0, 0.1) is 0 Å². The molecule has 0 radical (unpaired) electrons. The van der Waals surface area contributed by atoms with E-state index in [1.807, 2.05) is 0 Å². The van der Waals surface area contributed by atoms with E-state index in [4.69, 9.17) is 27.9 Å². The van der Waals surface area contributed by atoms with Gasteiger partial charge in [0.25, 0.3) is 5.56 Å². The second-order valence-electron chi connectivity index (χ2n) is 5.11. The Morgan fingerprint density at radius 1 is 1.12 bits per heavy atom. The summed E-state index contributed by atoms with van der Waals surface area (Å²) in [4.78, 5) is 31.4. The molecule has 122 valence electrons. The van der Waals surface area contributed by atoms with Gasteiger partial charge in [-0.05, 0) is 31.2 Å². The van der Waals surface area contributed by atoms with Gasteiger partial charge in [0, 0.05) is 0 Å². The molecular weight excluding hydrogens is 351 g/mol. The number of para-hydroxylation sites is 1. The molecule has 0 spiro atoms. The van der Waals surface area contributed by atoms with Gasteiger partial charge in [-0.25, -0.2) is 9.78 Å². The number of aromatic nitrogens is 2. The van der Waals surface area contributed by atoms with Gasteiger partial charge < -0.3 is 9.72 Å². The Labute approximate surface area is 147 Å². The van der Waals surface area contributed by atoms with Gasteiger partial charge in [-0.2, -0.15) is 0 Å². The number of carbonyl (C=O) groups is 1. The van der Waals surface area contributed by atoms with E-state index in [0.717, 1.165) is 0 Å². The van der Waals surface area contributed by atoms with Crippen molar-refractivity contribution >= 4 is 40.1 Å². The van der Waals surface area contributed by atoms with Crippen molar-refractivity contribution in [3.05, 3.63) is 74.3 Å². The summed E-state index contributed by atoms with van der Waals surface area (Å²) >= 11 is 12.0. The fourth-order valence-electron chi connectivity index (χ4n) is 2.27. The fraction of sp³-hybridized carbons (Fsp3) is 0.118. The number of aromatic amines is 1. The molecule has 1 aromatic heterocycles. The molecule has 5 nitrogen and oxygen atoms in total. The molecule has 0 fully saturated rings. The molecule has 1 heterocycles. The van der Waals surface area contributed by atoms with Crippen LogP contribution in [-0.4, -0.2) is 15.9 Å². The number of halogens is 2. The molecule has 24 heavy (non-hydrogen) atoms. The first-order valence-corrected chi connectivity index (χ1v) is 7.87. The normalized spacial score (nSPS) is 12.1. The van der Waals surface area contributed by atoms with Gasteiger partial charge in [0.2, 0.25) is 0 Å². The van der Waals surface area contributed by atoms with Crippen molar-refractivity contribution in [2.45, 2.75) is 13.0 Å². The molecular formula is C17H12Cl2N2O3. The highest BCUT2D eigenvalue weighted by atomic mass is 35.5. The molecule has 0 aliphatic carbocycles. The topological polar surface area (TPSA) is 72.0 Å². The zero-order chi connectivity index (χ0) is 17.3. The summed E-state index contributed by atoms with van der Waals surface area (Å²) < 4.78 is 5.35. The number of esters is 1. The van der Waals surface area contributed by atoms with E-state index in [-0.39, 0.29) is 27.0 Å². The molecule has 1 N–H and O–H groups in total. The van der Waals surface area contributed by atoms with Crippen molar-refractivity contribution in [1.82, 2.24) is 9.97 Å². The van der Waals surface area contributed by atoms with Crippen molar-refractivity contribution in [2.24, 2.45) is 0 Å². The lowest BCUT2D eigenvalue weighted by molar-refractivity contribution is 0.0320. The third-order valence-electron chi connectivity index (χ3n) is 3.47. The molecule has 0 aliphatic heterocycles. The second kappa shape index (κ2) is 6.63. The molecule has 0 amide bonds. The Balaban J connectivity index is 1.91. The summed E-state index contributed by atoms with van der Waals surface area (Å²) in [6.07, 6.45) is -0.776.